The van der Waals surface area contributed by atoms with E-state index in [1.165, 1.54) is 7.11 Å². The van der Waals surface area contributed by atoms with Crippen LogP contribution in [-0.2, 0) is 9.31 Å². The van der Waals surface area contributed by atoms with Gasteiger partial charge >= 0.3 is 13.3 Å². The Kier molecular flexibility index (Phi) is 3.34. The van der Waals surface area contributed by atoms with Crippen molar-refractivity contribution in [1.29, 1.82) is 0 Å². The quantitative estimate of drug-likeness (QED) is 0.696. The predicted molar refractivity (Wildman–Crippen MR) is 47.9 cm³/mol. The highest BCUT2D eigenvalue weighted by Crippen LogP contribution is 1.92. The van der Waals surface area contributed by atoms with E-state index in [4.69, 9.17) is 9.76 Å². The lowest BCUT2D eigenvalue weighted by Gasteiger charge is -2.08. The molecule has 4 nitrogen and oxygen atoms in total. The number of benzene rings is 1. The summed E-state index contributed by atoms with van der Waals surface area (Å²) in [4.78, 5) is 10.2. The van der Waals surface area contributed by atoms with E-state index < -0.39 is 13.3 Å². The van der Waals surface area contributed by atoms with Crippen molar-refractivity contribution in [3.8, 4) is 0 Å². The van der Waals surface area contributed by atoms with Crippen LogP contribution in [0.4, 0.5) is 4.79 Å². The summed E-state index contributed by atoms with van der Waals surface area (Å²) >= 11 is 0. The predicted octanol–water partition coefficient (Wildman–Crippen LogP) is 0.723. The fourth-order valence-electron chi connectivity index (χ4n) is 0.954. The van der Waals surface area contributed by atoms with Crippen LogP contribution in [0.5, 0.6) is 0 Å². The average molecular weight is 180 g/mol. The van der Waals surface area contributed by atoms with Crippen LogP contribution in [-0.4, -0.2) is 25.5 Å². The maximum Gasteiger partial charge on any atom is 0.566 e. The molecule has 0 bridgehead atoms. The molecule has 0 aliphatic rings. The van der Waals surface area contributed by atoms with E-state index in [2.05, 4.69) is 4.65 Å². The summed E-state index contributed by atoms with van der Waals surface area (Å²) in [6.45, 7) is 0. The summed E-state index contributed by atoms with van der Waals surface area (Å²) in [7, 11) is 0.541. The molecular formula is C8H9BO4. The zero-order valence-electron chi connectivity index (χ0n) is 7.14. The largest absolute Gasteiger partial charge is 0.566 e. The van der Waals surface area contributed by atoms with Crippen LogP contribution in [0.3, 0.4) is 0 Å². The van der Waals surface area contributed by atoms with Crippen LogP contribution >= 0.6 is 0 Å². The smallest absolute Gasteiger partial charge is 0.473 e. The number of rotatable bonds is 3. The summed E-state index contributed by atoms with van der Waals surface area (Å²) in [6.07, 6.45) is -1.35. The second-order valence-electron chi connectivity index (χ2n) is 2.36. The maximum atomic E-state index is 10.2. The van der Waals surface area contributed by atoms with Crippen LogP contribution < -0.4 is 5.46 Å². The van der Waals surface area contributed by atoms with Gasteiger partial charge in [-0.1, -0.05) is 30.3 Å². The van der Waals surface area contributed by atoms with Crippen LogP contribution in [0.25, 0.3) is 0 Å². The molecule has 0 amide bonds. The van der Waals surface area contributed by atoms with Crippen molar-refractivity contribution in [3.63, 3.8) is 0 Å². The zero-order chi connectivity index (χ0) is 9.68. The first kappa shape index (κ1) is 9.60. The molecule has 0 aromatic heterocycles. The summed E-state index contributed by atoms with van der Waals surface area (Å²) in [5, 5.41) is 8.37. The molecule has 1 aromatic rings. The van der Waals surface area contributed by atoms with Gasteiger partial charge in [0.05, 0.1) is 0 Å². The van der Waals surface area contributed by atoms with Crippen LogP contribution in [0, 0.1) is 0 Å². The molecule has 68 valence electrons. The van der Waals surface area contributed by atoms with Gasteiger partial charge in [0.2, 0.25) is 0 Å². The monoisotopic (exact) mass is 180 g/mol. The van der Waals surface area contributed by atoms with Gasteiger partial charge in [0, 0.05) is 7.11 Å². The Morgan fingerprint density at radius 2 is 2.00 bits per heavy atom. The lowest BCUT2D eigenvalue weighted by atomic mass is 9.79. The minimum Gasteiger partial charge on any atom is -0.473 e. The third-order valence-electron chi connectivity index (χ3n) is 1.49. The Morgan fingerprint density at radius 1 is 1.38 bits per heavy atom. The Labute approximate surface area is 76.2 Å². The molecular weight excluding hydrogens is 171 g/mol. The Bertz CT molecular complexity index is 275. The molecule has 0 aliphatic carbocycles. The van der Waals surface area contributed by atoms with Crippen molar-refractivity contribution in [2.75, 3.05) is 7.11 Å². The molecule has 1 rings (SSSR count). The molecule has 0 unspecified atom stereocenters. The van der Waals surface area contributed by atoms with Gasteiger partial charge in [0.1, 0.15) is 0 Å². The van der Waals surface area contributed by atoms with Crippen molar-refractivity contribution in [2.45, 2.75) is 0 Å². The molecule has 0 aliphatic heterocycles. The lowest BCUT2D eigenvalue weighted by molar-refractivity contribution is 0.134. The highest BCUT2D eigenvalue weighted by Gasteiger charge is 2.23. The first-order valence-corrected chi connectivity index (χ1v) is 3.71. The second-order valence-corrected chi connectivity index (χ2v) is 2.36. The van der Waals surface area contributed by atoms with E-state index in [1.807, 2.05) is 6.07 Å². The van der Waals surface area contributed by atoms with Crippen LogP contribution in [0.1, 0.15) is 0 Å². The zero-order valence-corrected chi connectivity index (χ0v) is 7.14. The summed E-state index contributed by atoms with van der Waals surface area (Å²) in [6, 6.07) is 8.87. The molecule has 1 aromatic carbocycles. The Hall–Kier alpha value is -1.49. The van der Waals surface area contributed by atoms with Crippen molar-refractivity contribution < 1.29 is 19.2 Å². The summed E-state index contributed by atoms with van der Waals surface area (Å²) in [5.41, 5.74) is 0.674. The van der Waals surface area contributed by atoms with Gasteiger partial charge in [-0.05, 0) is 5.46 Å². The first-order chi connectivity index (χ1) is 6.24. The molecule has 0 heterocycles. The van der Waals surface area contributed by atoms with Gasteiger partial charge in [-0.15, -0.1) is 0 Å². The van der Waals surface area contributed by atoms with E-state index in [0.717, 1.165) is 0 Å². The third kappa shape index (κ3) is 2.80. The number of carbonyl (C=O) groups is 1. The summed E-state index contributed by atoms with van der Waals surface area (Å²) in [5.74, 6) is 0. The molecule has 0 saturated heterocycles. The normalized spacial score (nSPS) is 9.31. The van der Waals surface area contributed by atoms with E-state index in [9.17, 15) is 4.79 Å². The molecule has 5 heteroatoms. The maximum absolute atomic E-state index is 10.2. The van der Waals surface area contributed by atoms with E-state index in [-0.39, 0.29) is 0 Å². The Balaban J connectivity index is 2.73. The molecule has 13 heavy (non-hydrogen) atoms. The minimum absolute atomic E-state index is 0.674. The molecule has 0 saturated carbocycles. The molecule has 0 atom stereocenters. The van der Waals surface area contributed by atoms with Gasteiger partial charge in [-0.3, -0.25) is 0 Å². The highest BCUT2D eigenvalue weighted by molar-refractivity contribution is 6.62. The first-order valence-electron chi connectivity index (χ1n) is 3.71. The molecule has 1 N–H and O–H groups in total. The Morgan fingerprint density at radius 3 is 2.46 bits per heavy atom. The second kappa shape index (κ2) is 4.52. The number of carboxylic acid groups (broad SMARTS) is 1. The standard InChI is InChI=1S/C8H9BO4/c1-12-9(13-8(10)11)7-5-3-2-4-6-7/h2-6H,1H3,(H,10,11). The van der Waals surface area contributed by atoms with Crippen molar-refractivity contribution in [1.82, 2.24) is 0 Å². The number of hydrogen-bond donors (Lipinski definition) is 1. The third-order valence-corrected chi connectivity index (χ3v) is 1.49. The molecule has 0 spiro atoms. The molecule has 0 radical (unpaired) electrons. The van der Waals surface area contributed by atoms with E-state index in [0.29, 0.717) is 5.46 Å². The van der Waals surface area contributed by atoms with Gasteiger partial charge < -0.3 is 14.4 Å². The van der Waals surface area contributed by atoms with Crippen molar-refractivity contribution in [2.24, 2.45) is 0 Å². The topological polar surface area (TPSA) is 55.8 Å². The SMILES string of the molecule is COB(OC(=O)O)c1ccccc1. The highest BCUT2D eigenvalue weighted by atomic mass is 16.7. The minimum atomic E-state index is -1.35. The van der Waals surface area contributed by atoms with E-state index >= 15 is 0 Å². The summed E-state index contributed by atoms with van der Waals surface area (Å²) < 4.78 is 9.32. The average Bonchev–Trinajstić information content (AvgIpc) is 2.15. The van der Waals surface area contributed by atoms with Crippen LogP contribution in [0.15, 0.2) is 30.3 Å². The van der Waals surface area contributed by atoms with Crippen LogP contribution in [0.2, 0.25) is 0 Å². The van der Waals surface area contributed by atoms with Crippen molar-refractivity contribution >= 4 is 18.7 Å². The van der Waals surface area contributed by atoms with Gasteiger partial charge in [0.15, 0.2) is 0 Å². The van der Waals surface area contributed by atoms with Gasteiger partial charge in [0.25, 0.3) is 0 Å². The lowest BCUT2D eigenvalue weighted by Crippen LogP contribution is -2.37. The number of hydrogen-bond acceptors (Lipinski definition) is 3. The van der Waals surface area contributed by atoms with E-state index in [1.54, 1.807) is 24.3 Å². The fourth-order valence-corrected chi connectivity index (χ4v) is 0.954. The van der Waals surface area contributed by atoms with Gasteiger partial charge in [-0.2, -0.15) is 0 Å². The fraction of sp³-hybridized carbons (Fsp3) is 0.125. The molecule has 0 fully saturated rings. The van der Waals surface area contributed by atoms with Gasteiger partial charge in [-0.25, -0.2) is 4.79 Å². The van der Waals surface area contributed by atoms with Crippen molar-refractivity contribution in [3.05, 3.63) is 30.3 Å².